The molecule has 0 fully saturated rings. The Morgan fingerprint density at radius 1 is 1.19 bits per heavy atom. The smallest absolute Gasteiger partial charge is 0.145 e. The van der Waals surface area contributed by atoms with Gasteiger partial charge in [-0.2, -0.15) is 5.10 Å². The number of hydrogen-bond donors (Lipinski definition) is 2. The maximum atomic E-state index is 5.65. The summed E-state index contributed by atoms with van der Waals surface area (Å²) in [5.74, 6) is 1.38. The van der Waals surface area contributed by atoms with Crippen LogP contribution in [0.2, 0.25) is 0 Å². The number of benzene rings is 1. The first kappa shape index (κ1) is 10.7. The second-order valence-corrected chi connectivity index (χ2v) is 4.38. The van der Waals surface area contributed by atoms with E-state index < -0.39 is 0 Å². The van der Waals surface area contributed by atoms with Crippen LogP contribution in [0.3, 0.4) is 0 Å². The molecule has 0 amide bonds. The molecule has 0 spiro atoms. The van der Waals surface area contributed by atoms with Gasteiger partial charge in [-0.25, -0.2) is 0 Å². The van der Waals surface area contributed by atoms with E-state index in [-0.39, 0.29) is 0 Å². The van der Waals surface area contributed by atoms with Crippen molar-refractivity contribution in [2.75, 3.05) is 5.73 Å². The fraction of sp³-hybridized carbons (Fsp3) is 0.308. The lowest BCUT2D eigenvalue weighted by Crippen LogP contribution is -2.08. The third-order valence-electron chi connectivity index (χ3n) is 2.78. The Hall–Kier alpha value is -1.77. The Morgan fingerprint density at radius 2 is 1.88 bits per heavy atom. The number of aromatic amines is 1. The lowest BCUT2D eigenvalue weighted by Gasteiger charge is -2.19. The van der Waals surface area contributed by atoms with Gasteiger partial charge < -0.3 is 5.73 Å². The van der Waals surface area contributed by atoms with Crippen molar-refractivity contribution in [3.63, 3.8) is 0 Å². The summed E-state index contributed by atoms with van der Waals surface area (Å²) in [6.07, 6.45) is 0. The van der Waals surface area contributed by atoms with Crippen molar-refractivity contribution in [3.05, 3.63) is 47.7 Å². The standard InChI is InChI=1S/C13H17N3/c1-9(2)13(10-6-4-3-5-7-10)11-8-12(14)16-15-11/h3-9,13H,1-2H3,(H3,14,15,16). The Morgan fingerprint density at radius 3 is 2.38 bits per heavy atom. The number of nitrogens with one attached hydrogen (secondary N) is 1. The van der Waals surface area contributed by atoms with Crippen molar-refractivity contribution in [1.82, 2.24) is 10.2 Å². The van der Waals surface area contributed by atoms with E-state index in [1.54, 1.807) is 0 Å². The molecule has 0 saturated carbocycles. The van der Waals surface area contributed by atoms with Crippen LogP contribution in [0, 0.1) is 5.92 Å². The highest BCUT2D eigenvalue weighted by atomic mass is 15.2. The zero-order valence-electron chi connectivity index (χ0n) is 9.64. The maximum absolute atomic E-state index is 5.65. The molecule has 0 saturated heterocycles. The van der Waals surface area contributed by atoms with Gasteiger partial charge in [0.2, 0.25) is 0 Å². The molecule has 1 heterocycles. The molecule has 3 N–H and O–H groups in total. The fourth-order valence-electron chi connectivity index (χ4n) is 2.10. The quantitative estimate of drug-likeness (QED) is 0.827. The average Bonchev–Trinajstić information content (AvgIpc) is 2.66. The second-order valence-electron chi connectivity index (χ2n) is 4.38. The van der Waals surface area contributed by atoms with Crippen LogP contribution in [0.1, 0.15) is 31.0 Å². The lowest BCUT2D eigenvalue weighted by atomic mass is 9.86. The molecule has 1 aromatic heterocycles. The number of nitrogens with zero attached hydrogens (tertiary/aromatic N) is 1. The summed E-state index contributed by atoms with van der Waals surface area (Å²) in [4.78, 5) is 0. The number of aromatic nitrogens is 2. The number of anilines is 1. The first-order valence-corrected chi connectivity index (χ1v) is 5.54. The van der Waals surface area contributed by atoms with Gasteiger partial charge in [0.25, 0.3) is 0 Å². The molecule has 0 bridgehead atoms. The van der Waals surface area contributed by atoms with E-state index in [2.05, 4.69) is 48.3 Å². The Bertz CT molecular complexity index is 445. The van der Waals surface area contributed by atoms with E-state index in [0.29, 0.717) is 17.7 Å². The Kier molecular flexibility index (Phi) is 2.95. The van der Waals surface area contributed by atoms with Crippen LogP contribution in [-0.4, -0.2) is 10.2 Å². The van der Waals surface area contributed by atoms with Gasteiger partial charge in [0.1, 0.15) is 5.82 Å². The molecule has 0 radical (unpaired) electrons. The summed E-state index contributed by atoms with van der Waals surface area (Å²) < 4.78 is 0. The topological polar surface area (TPSA) is 54.7 Å². The van der Waals surface area contributed by atoms with Crippen LogP contribution in [0.25, 0.3) is 0 Å². The number of nitrogens with two attached hydrogens (primary N) is 1. The average molecular weight is 215 g/mol. The highest BCUT2D eigenvalue weighted by Gasteiger charge is 2.19. The third-order valence-corrected chi connectivity index (χ3v) is 2.78. The van der Waals surface area contributed by atoms with Crippen LogP contribution >= 0.6 is 0 Å². The molecule has 3 heteroatoms. The number of nitrogen functional groups attached to an aromatic ring is 1. The maximum Gasteiger partial charge on any atom is 0.145 e. The molecule has 2 aromatic rings. The molecule has 1 aromatic carbocycles. The lowest BCUT2D eigenvalue weighted by molar-refractivity contribution is 0.551. The predicted octanol–water partition coefficient (Wildman–Crippen LogP) is 2.78. The predicted molar refractivity (Wildman–Crippen MR) is 66.1 cm³/mol. The molecule has 16 heavy (non-hydrogen) atoms. The highest BCUT2D eigenvalue weighted by Crippen LogP contribution is 2.30. The Balaban J connectivity index is 2.39. The molecular formula is C13H17N3. The van der Waals surface area contributed by atoms with Gasteiger partial charge in [-0.15, -0.1) is 0 Å². The molecular weight excluding hydrogens is 198 g/mol. The van der Waals surface area contributed by atoms with Gasteiger partial charge in [0.05, 0.1) is 0 Å². The van der Waals surface area contributed by atoms with E-state index in [1.807, 2.05) is 12.1 Å². The molecule has 3 nitrogen and oxygen atoms in total. The molecule has 2 rings (SSSR count). The molecule has 84 valence electrons. The number of rotatable bonds is 3. The summed E-state index contributed by atoms with van der Waals surface area (Å²) in [6.45, 7) is 4.41. The molecule has 0 aliphatic carbocycles. The van der Waals surface area contributed by atoms with Crippen LogP contribution < -0.4 is 5.73 Å². The zero-order valence-corrected chi connectivity index (χ0v) is 9.64. The van der Waals surface area contributed by atoms with Gasteiger partial charge in [0.15, 0.2) is 0 Å². The minimum atomic E-state index is 0.325. The van der Waals surface area contributed by atoms with Crippen molar-refractivity contribution >= 4 is 5.82 Å². The monoisotopic (exact) mass is 215 g/mol. The molecule has 0 aliphatic rings. The fourth-order valence-corrected chi connectivity index (χ4v) is 2.10. The van der Waals surface area contributed by atoms with Gasteiger partial charge in [-0.3, -0.25) is 5.10 Å². The van der Waals surface area contributed by atoms with E-state index >= 15 is 0 Å². The SMILES string of the molecule is CC(C)C(c1ccccc1)c1cc(N)n[nH]1. The minimum Gasteiger partial charge on any atom is -0.382 e. The largest absolute Gasteiger partial charge is 0.382 e. The van der Waals surface area contributed by atoms with Crippen molar-refractivity contribution in [2.45, 2.75) is 19.8 Å². The summed E-state index contributed by atoms with van der Waals surface area (Å²) in [7, 11) is 0. The van der Waals surface area contributed by atoms with E-state index in [9.17, 15) is 0 Å². The van der Waals surface area contributed by atoms with Crippen LogP contribution in [-0.2, 0) is 0 Å². The molecule has 0 aliphatic heterocycles. The van der Waals surface area contributed by atoms with Crippen molar-refractivity contribution in [3.8, 4) is 0 Å². The van der Waals surface area contributed by atoms with Gasteiger partial charge in [-0.1, -0.05) is 44.2 Å². The summed E-state index contributed by atoms with van der Waals surface area (Å²) in [5, 5.41) is 7.01. The summed E-state index contributed by atoms with van der Waals surface area (Å²) in [5.41, 5.74) is 8.03. The normalized spacial score (nSPS) is 12.9. The zero-order chi connectivity index (χ0) is 11.5. The van der Waals surface area contributed by atoms with E-state index in [1.165, 1.54) is 5.56 Å². The molecule has 1 atom stereocenters. The second kappa shape index (κ2) is 4.39. The number of H-pyrrole nitrogens is 1. The van der Waals surface area contributed by atoms with Crippen molar-refractivity contribution in [2.24, 2.45) is 5.92 Å². The first-order valence-electron chi connectivity index (χ1n) is 5.54. The Labute approximate surface area is 95.7 Å². The highest BCUT2D eigenvalue weighted by molar-refractivity contribution is 5.36. The first-order chi connectivity index (χ1) is 7.68. The summed E-state index contributed by atoms with van der Waals surface area (Å²) >= 11 is 0. The van der Waals surface area contributed by atoms with Crippen LogP contribution in [0.5, 0.6) is 0 Å². The van der Waals surface area contributed by atoms with E-state index in [4.69, 9.17) is 5.73 Å². The van der Waals surface area contributed by atoms with E-state index in [0.717, 1.165) is 5.69 Å². The van der Waals surface area contributed by atoms with Gasteiger partial charge >= 0.3 is 0 Å². The van der Waals surface area contributed by atoms with Crippen molar-refractivity contribution in [1.29, 1.82) is 0 Å². The molecule has 1 unspecified atom stereocenters. The van der Waals surface area contributed by atoms with Gasteiger partial charge in [0, 0.05) is 17.7 Å². The van der Waals surface area contributed by atoms with Crippen molar-refractivity contribution < 1.29 is 0 Å². The summed E-state index contributed by atoms with van der Waals surface area (Å²) in [6, 6.07) is 12.3. The number of hydrogen-bond acceptors (Lipinski definition) is 2. The van der Waals surface area contributed by atoms with Crippen LogP contribution in [0.15, 0.2) is 36.4 Å². The van der Waals surface area contributed by atoms with Crippen LogP contribution in [0.4, 0.5) is 5.82 Å². The van der Waals surface area contributed by atoms with Gasteiger partial charge in [-0.05, 0) is 11.5 Å². The third kappa shape index (κ3) is 2.08. The minimum absolute atomic E-state index is 0.325.